The van der Waals surface area contributed by atoms with Gasteiger partial charge in [0.05, 0.1) is 16.3 Å². The molecule has 1 aromatic carbocycles. The van der Waals surface area contributed by atoms with Gasteiger partial charge in [0.15, 0.2) is 0 Å². The van der Waals surface area contributed by atoms with Crippen LogP contribution in [0, 0.1) is 5.92 Å². The van der Waals surface area contributed by atoms with E-state index in [4.69, 9.17) is 16.7 Å². The summed E-state index contributed by atoms with van der Waals surface area (Å²) >= 11 is 1.27. The van der Waals surface area contributed by atoms with Crippen molar-refractivity contribution in [2.75, 3.05) is 13.2 Å². The first-order valence-corrected chi connectivity index (χ1v) is 10.2. The number of aliphatic hydroxyl groups is 1. The minimum atomic E-state index is -0.103. The third-order valence-electron chi connectivity index (χ3n) is 4.46. The molecule has 0 radical (unpaired) electrons. The molecule has 0 amide bonds. The summed E-state index contributed by atoms with van der Waals surface area (Å²) in [6, 6.07) is 5.84. The van der Waals surface area contributed by atoms with Crippen LogP contribution in [0.5, 0.6) is 5.19 Å². The monoisotopic (exact) mass is 648 g/mol. The molecule has 2 rings (SSSR count). The Labute approximate surface area is 170 Å². The zero-order valence-electron chi connectivity index (χ0n) is 16.9. The topological polar surface area (TPSA) is 121 Å². The maximum Gasteiger partial charge on any atom is 0.271 e. The van der Waals surface area contributed by atoms with E-state index in [1.807, 2.05) is 18.2 Å². The number of aryl methyl sites for hydroxylation is 1. The maximum absolute atomic E-state index is 9.51. The molecule has 0 saturated heterocycles. The van der Waals surface area contributed by atoms with Gasteiger partial charge in [0.2, 0.25) is 0 Å². The van der Waals surface area contributed by atoms with Gasteiger partial charge in [-0.1, -0.05) is 37.8 Å². The van der Waals surface area contributed by atoms with Crippen molar-refractivity contribution in [1.29, 1.82) is 0 Å². The molecular formula is C20H31CmN5O2S. The van der Waals surface area contributed by atoms with E-state index in [0.29, 0.717) is 25.1 Å². The smallest absolute Gasteiger partial charge is 0.271 e. The van der Waals surface area contributed by atoms with Gasteiger partial charge >= 0.3 is 0 Å². The summed E-state index contributed by atoms with van der Waals surface area (Å²) in [5.74, 6) is 6.50. The molecule has 9 heteroatoms. The molecule has 1 atom stereocenters. The Morgan fingerprint density at radius 1 is 1.41 bits per heavy atom. The second-order valence-corrected chi connectivity index (χ2v) is 8.18. The zero-order chi connectivity index (χ0) is 20.7. The Balaban J connectivity index is 0.00000420. The fraction of sp³-hybridized carbons (Fsp3) is 0.450. The number of thiazole rings is 1. The molecule has 0 spiro atoms. The Kier molecular flexibility index (Phi) is 8.92. The molecule has 7 nitrogen and oxygen atoms in total. The van der Waals surface area contributed by atoms with Crippen molar-refractivity contribution in [2.24, 2.45) is 17.5 Å². The molecule has 1 aromatic heterocycles. The number of fused-ring (bicyclic) bond motifs is 1. The Morgan fingerprint density at radius 2 is 2.14 bits per heavy atom. The molecular weight excluding hydrogens is 621 g/mol. The van der Waals surface area contributed by atoms with Crippen molar-refractivity contribution >= 4 is 21.6 Å². The summed E-state index contributed by atoms with van der Waals surface area (Å²) in [5, 5.41) is 23.3. The van der Waals surface area contributed by atoms with Crippen LogP contribution >= 0.6 is 11.3 Å². The first kappa shape index (κ1) is 23.7. The van der Waals surface area contributed by atoms with Crippen molar-refractivity contribution in [3.8, 4) is 5.19 Å². The van der Waals surface area contributed by atoms with Crippen molar-refractivity contribution in [3.05, 3.63) is 47.9 Å². The number of rotatable bonds is 11. The van der Waals surface area contributed by atoms with Crippen LogP contribution in [0.4, 0.5) is 0 Å². The van der Waals surface area contributed by atoms with E-state index in [2.05, 4.69) is 30.7 Å². The average molecular weight is 653 g/mol. The van der Waals surface area contributed by atoms with Gasteiger partial charge in [-0.15, -0.1) is 0 Å². The Morgan fingerprint density at radius 3 is 2.79 bits per heavy atom. The Hall–Kier alpha value is -3.29. The number of hydrazine groups is 1. The van der Waals surface area contributed by atoms with Crippen LogP contribution in [-0.2, 0) is 6.42 Å². The van der Waals surface area contributed by atoms with E-state index in [-0.39, 0.29) is 23.8 Å². The van der Waals surface area contributed by atoms with Crippen LogP contribution in [0.2, 0.25) is 0 Å². The van der Waals surface area contributed by atoms with Crippen LogP contribution in [0.1, 0.15) is 32.3 Å². The van der Waals surface area contributed by atoms with Crippen molar-refractivity contribution < 1.29 is 10.2 Å². The van der Waals surface area contributed by atoms with E-state index in [9.17, 15) is 5.11 Å². The van der Waals surface area contributed by atoms with Crippen molar-refractivity contribution in [3.63, 3.8) is 0 Å². The van der Waals surface area contributed by atoms with Gasteiger partial charge in [0.1, 0.15) is 0 Å². The Bertz CT molecular complexity index is 824. The zero-order valence-corrected chi connectivity index (χ0v) is 20.7. The molecule has 0 bridgehead atoms. The predicted octanol–water partition coefficient (Wildman–Crippen LogP) is 2.42. The van der Waals surface area contributed by atoms with Gasteiger partial charge in [0.25, 0.3) is 5.19 Å². The number of nitrogens with two attached hydrogens (primary N) is 2. The number of aromatic hydroxyl groups is 1. The minimum Gasteiger partial charge on any atom is -0.486 e. The number of hydrogen-bond acceptors (Lipinski definition) is 8. The van der Waals surface area contributed by atoms with E-state index < -0.39 is 0 Å². The standard InChI is InChI=1S/C20H31N5O2S.Cm/c1-13(2)19(14(3)23-9-4-10-26)25(22)12-16(21)7-5-15-6-8-17-18(11-15)28-20(27)24-17;/h6,8,11-13,19,23,26H,3-5,7,9-10,21-22H2,1-2H3,(H,24,27);/b16-12-;. The first-order chi connectivity index (χ1) is 13.3. The minimum absolute atomic E-state index is 0. The van der Waals surface area contributed by atoms with Gasteiger partial charge in [-0.3, -0.25) is 0 Å². The third-order valence-corrected chi connectivity index (χ3v) is 5.28. The summed E-state index contributed by atoms with van der Waals surface area (Å²) in [7, 11) is 0. The number of allylic oxidation sites excluding steroid dienone is 1. The molecule has 0 saturated carbocycles. The van der Waals surface area contributed by atoms with Crippen LogP contribution in [0.3, 0.4) is 0 Å². The molecule has 0 aliphatic heterocycles. The van der Waals surface area contributed by atoms with Gasteiger partial charge in [0, 0.05) is 30.7 Å². The predicted molar refractivity (Wildman–Crippen MR) is 115 cm³/mol. The summed E-state index contributed by atoms with van der Waals surface area (Å²) in [4.78, 5) is 4.05. The number of hydrogen-bond donors (Lipinski definition) is 5. The molecule has 162 valence electrons. The summed E-state index contributed by atoms with van der Waals surface area (Å²) in [6.07, 6.45) is 3.86. The van der Waals surface area contributed by atoms with Crippen LogP contribution in [-0.4, -0.2) is 39.4 Å². The second-order valence-electron chi connectivity index (χ2n) is 7.17. The average Bonchev–Trinajstić information content (AvgIpc) is 2.99. The number of aliphatic hydroxyl groups excluding tert-OH is 1. The molecule has 7 N–H and O–H groups in total. The first-order valence-electron chi connectivity index (χ1n) is 9.43. The van der Waals surface area contributed by atoms with Gasteiger partial charge < -0.3 is 26.3 Å². The van der Waals surface area contributed by atoms with E-state index in [0.717, 1.165) is 27.9 Å². The molecule has 0 aliphatic rings. The number of aromatic nitrogens is 1. The van der Waals surface area contributed by atoms with Crippen LogP contribution < -0.4 is 16.9 Å². The number of benzene rings is 1. The largest absolute Gasteiger partial charge is 0.486 e. The third kappa shape index (κ3) is 6.67. The molecule has 1 unspecified atom stereocenters. The van der Waals surface area contributed by atoms with E-state index in [1.54, 1.807) is 11.2 Å². The molecule has 2 aromatic rings. The van der Waals surface area contributed by atoms with Gasteiger partial charge in [-0.05, 0) is 42.9 Å². The second kappa shape index (κ2) is 10.9. The van der Waals surface area contributed by atoms with Gasteiger partial charge in [-0.2, -0.15) is 0 Å². The fourth-order valence-electron chi connectivity index (χ4n) is 3.10. The van der Waals surface area contributed by atoms with Crippen LogP contribution in [0.25, 0.3) is 10.2 Å². The number of nitrogens with zero attached hydrogens (tertiary/aromatic N) is 2. The SMILES string of the molecule is C=C(NCCCO)C(C(C)C)N(N)/C=C(\N)CCc1ccc2nc(O)sc2c1.[Cm]. The van der Waals surface area contributed by atoms with E-state index >= 15 is 0 Å². The molecule has 0 fully saturated rings. The summed E-state index contributed by atoms with van der Waals surface area (Å²) in [5.41, 5.74) is 9.63. The quantitative estimate of drug-likeness (QED) is 0.144. The molecule has 29 heavy (non-hydrogen) atoms. The van der Waals surface area contributed by atoms with Crippen molar-refractivity contribution in [1.82, 2.24) is 15.3 Å². The van der Waals surface area contributed by atoms with Crippen molar-refractivity contribution in [2.45, 2.75) is 39.2 Å². The maximum atomic E-state index is 9.51. The molecule has 1 heterocycles. The van der Waals surface area contributed by atoms with Gasteiger partial charge in [-0.25, -0.2) is 10.8 Å². The fourth-order valence-corrected chi connectivity index (χ4v) is 3.87. The summed E-state index contributed by atoms with van der Waals surface area (Å²) in [6.45, 7) is 9.04. The molecule has 0 aliphatic carbocycles. The normalized spacial score (nSPS) is 12.7. The number of nitrogens with one attached hydrogen (secondary N) is 1. The summed E-state index contributed by atoms with van der Waals surface area (Å²) < 4.78 is 0.961. The van der Waals surface area contributed by atoms with Crippen LogP contribution in [0.15, 0.2) is 42.4 Å². The van der Waals surface area contributed by atoms with E-state index in [1.165, 1.54) is 11.3 Å².